The Labute approximate surface area is 236 Å². The van der Waals surface area contributed by atoms with Crippen LogP contribution in [0.4, 0.5) is 8.78 Å². The van der Waals surface area contributed by atoms with E-state index in [1.54, 1.807) is 6.20 Å². The van der Waals surface area contributed by atoms with Crippen LogP contribution in [-0.2, 0) is 38.6 Å². The van der Waals surface area contributed by atoms with E-state index in [0.29, 0.717) is 12.1 Å². The number of benzene rings is 3. The van der Waals surface area contributed by atoms with Gasteiger partial charge in [-0.05, 0) is 37.0 Å². The zero-order valence-corrected chi connectivity index (χ0v) is 22.5. The number of carbonyl (C=O) groups excluding carboxylic acids is 2. The van der Waals surface area contributed by atoms with Crippen molar-refractivity contribution < 1.29 is 27.8 Å². The quantitative estimate of drug-likeness (QED) is 0.152. The van der Waals surface area contributed by atoms with Crippen LogP contribution in [0.2, 0.25) is 0 Å². The molecular weight excluding hydrogens is 528 g/mol. The fourth-order valence-electron chi connectivity index (χ4n) is 4.98. The summed E-state index contributed by atoms with van der Waals surface area (Å²) in [5, 5.41) is 8.22. The molecule has 1 fully saturated rings. The van der Waals surface area contributed by atoms with Crippen LogP contribution in [0, 0.1) is 17.0 Å². The van der Waals surface area contributed by atoms with Crippen LogP contribution in [0.3, 0.4) is 0 Å². The fourth-order valence-corrected chi connectivity index (χ4v) is 4.98. The number of carbonyl (C=O) groups is 2. The second kappa shape index (κ2) is 11.9. The number of Topliss-reactive ketones (excluding diaryl/α,β-unsaturated/α-hetero) is 1. The number of nitrogens with zero attached hydrogens (tertiary/aromatic N) is 3. The normalized spacial score (nSPS) is 20.7. The summed E-state index contributed by atoms with van der Waals surface area (Å²) in [6.07, 6.45) is 0.642. The Hall–Kier alpha value is -4.50. The van der Waals surface area contributed by atoms with Crippen molar-refractivity contribution in [1.82, 2.24) is 15.0 Å². The molecule has 3 atom stereocenters. The molecule has 4 aromatic rings. The molecule has 3 aromatic carbocycles. The summed E-state index contributed by atoms with van der Waals surface area (Å²) in [4.78, 5) is 27.3. The van der Waals surface area contributed by atoms with Crippen molar-refractivity contribution in [3.05, 3.63) is 131 Å². The molecule has 0 bridgehead atoms. The van der Waals surface area contributed by atoms with E-state index < -0.39 is 41.0 Å². The van der Waals surface area contributed by atoms with Gasteiger partial charge in [-0.15, -0.1) is 5.10 Å². The van der Waals surface area contributed by atoms with Gasteiger partial charge in [0.1, 0.15) is 24.3 Å². The van der Waals surface area contributed by atoms with E-state index >= 15 is 0 Å². The number of halogens is 2. The number of esters is 1. The van der Waals surface area contributed by atoms with Gasteiger partial charge in [0.25, 0.3) is 0 Å². The van der Waals surface area contributed by atoms with Crippen molar-refractivity contribution in [3.63, 3.8) is 0 Å². The van der Waals surface area contributed by atoms with Gasteiger partial charge in [-0.1, -0.05) is 78.5 Å². The summed E-state index contributed by atoms with van der Waals surface area (Å²) in [5.41, 5.74) is 0.915. The Balaban J connectivity index is 1.35. The fraction of sp³-hybridized carbons (Fsp3) is 0.250. The van der Waals surface area contributed by atoms with Crippen molar-refractivity contribution in [2.45, 2.75) is 45.1 Å². The highest BCUT2D eigenvalue weighted by Gasteiger charge is 2.55. The lowest BCUT2D eigenvalue weighted by atomic mass is 9.71. The molecule has 0 unspecified atom stereocenters. The predicted octanol–water partition coefficient (Wildman–Crippen LogP) is 5.55. The molecule has 0 amide bonds. The first-order chi connectivity index (χ1) is 19.8. The molecule has 9 heteroatoms. The minimum atomic E-state index is -1.63. The Kier molecular flexibility index (Phi) is 8.16. The van der Waals surface area contributed by atoms with E-state index in [4.69, 9.17) is 9.47 Å². The van der Waals surface area contributed by atoms with Crippen molar-refractivity contribution in [3.8, 4) is 0 Å². The molecule has 5 rings (SSSR count). The monoisotopic (exact) mass is 557 g/mol. The minimum Gasteiger partial charge on any atom is -0.460 e. The van der Waals surface area contributed by atoms with E-state index in [1.165, 1.54) is 23.7 Å². The summed E-state index contributed by atoms with van der Waals surface area (Å²) in [6.45, 7) is 5.61. The first-order valence-electron chi connectivity index (χ1n) is 13.2. The van der Waals surface area contributed by atoms with Crippen molar-refractivity contribution in [1.29, 1.82) is 0 Å². The van der Waals surface area contributed by atoms with Gasteiger partial charge >= 0.3 is 5.97 Å². The van der Waals surface area contributed by atoms with Crippen LogP contribution in [0.15, 0.2) is 97.2 Å². The minimum absolute atomic E-state index is 0.0120. The Morgan fingerprint density at radius 2 is 1.78 bits per heavy atom. The van der Waals surface area contributed by atoms with Crippen molar-refractivity contribution in [2.24, 2.45) is 5.41 Å². The number of ketones is 1. The number of hydrogen-bond acceptors (Lipinski definition) is 6. The van der Waals surface area contributed by atoms with Crippen LogP contribution >= 0.6 is 0 Å². The van der Waals surface area contributed by atoms with E-state index in [2.05, 4.69) is 16.9 Å². The van der Waals surface area contributed by atoms with Gasteiger partial charge in [0.15, 0.2) is 11.2 Å². The third-order valence-corrected chi connectivity index (χ3v) is 7.36. The lowest BCUT2D eigenvalue weighted by molar-refractivity contribution is -0.179. The van der Waals surface area contributed by atoms with Gasteiger partial charge in [0.2, 0.25) is 0 Å². The third-order valence-electron chi connectivity index (χ3n) is 7.36. The van der Waals surface area contributed by atoms with E-state index in [1.807, 2.05) is 60.7 Å². The molecule has 0 radical (unpaired) electrons. The van der Waals surface area contributed by atoms with Crippen LogP contribution in [0.5, 0.6) is 0 Å². The molecular formula is C32H29F2N3O4. The van der Waals surface area contributed by atoms with Crippen molar-refractivity contribution >= 4 is 11.8 Å². The lowest BCUT2D eigenvalue weighted by Crippen LogP contribution is -2.54. The molecule has 210 valence electrons. The molecule has 1 saturated heterocycles. The van der Waals surface area contributed by atoms with Crippen LogP contribution in [0.25, 0.3) is 0 Å². The first-order valence-corrected chi connectivity index (χ1v) is 13.2. The number of rotatable bonds is 9. The van der Waals surface area contributed by atoms with Gasteiger partial charge < -0.3 is 9.47 Å². The molecule has 0 spiro atoms. The zero-order chi connectivity index (χ0) is 29.0. The average molecular weight is 558 g/mol. The Morgan fingerprint density at radius 1 is 1.07 bits per heavy atom. The highest BCUT2D eigenvalue weighted by atomic mass is 19.1. The Morgan fingerprint density at radius 3 is 2.49 bits per heavy atom. The number of hydrogen-bond donors (Lipinski definition) is 0. The maximum absolute atomic E-state index is 14.1. The smallest absolute Gasteiger partial charge is 0.322 e. The summed E-state index contributed by atoms with van der Waals surface area (Å²) in [5.74, 6) is -2.46. The molecule has 0 N–H and O–H groups in total. The van der Waals surface area contributed by atoms with E-state index in [9.17, 15) is 18.4 Å². The van der Waals surface area contributed by atoms with Crippen molar-refractivity contribution in [2.75, 3.05) is 0 Å². The molecule has 0 aliphatic carbocycles. The van der Waals surface area contributed by atoms with Gasteiger partial charge in [0.05, 0.1) is 18.3 Å². The maximum Gasteiger partial charge on any atom is 0.322 e. The average Bonchev–Trinajstić information content (AvgIpc) is 3.44. The SMILES string of the molecule is C=C1C(=O)[C@](C)(C(=O)OCc2ccccc2)[C@@H](CCc2cn(Cc3ccc(F)cc3F)nn2)O[C@H]1c1ccccc1. The van der Waals surface area contributed by atoms with Gasteiger partial charge in [-0.2, -0.15) is 0 Å². The molecule has 0 saturated carbocycles. The number of aromatic nitrogens is 3. The van der Waals surface area contributed by atoms with Crippen LogP contribution in [-0.4, -0.2) is 32.9 Å². The van der Waals surface area contributed by atoms with E-state index in [0.717, 1.165) is 17.2 Å². The second-order valence-electron chi connectivity index (χ2n) is 10.2. The molecule has 1 aliphatic heterocycles. The van der Waals surface area contributed by atoms with Gasteiger partial charge in [-0.25, -0.2) is 13.5 Å². The molecule has 1 aliphatic rings. The number of aryl methyl sites for hydroxylation is 1. The topological polar surface area (TPSA) is 83.3 Å². The molecule has 1 aromatic heterocycles. The summed E-state index contributed by atoms with van der Waals surface area (Å²) in [6, 6.07) is 21.8. The van der Waals surface area contributed by atoms with Crippen LogP contribution in [0.1, 0.15) is 41.8 Å². The third kappa shape index (κ3) is 6.00. The van der Waals surface area contributed by atoms with Crippen LogP contribution < -0.4 is 0 Å². The highest BCUT2D eigenvalue weighted by molar-refractivity contribution is 6.13. The number of ether oxygens (including phenoxy) is 2. The zero-order valence-electron chi connectivity index (χ0n) is 22.5. The largest absolute Gasteiger partial charge is 0.460 e. The molecule has 41 heavy (non-hydrogen) atoms. The standard InChI is InChI=1S/C32H29F2N3O4/c1-21-29(23-11-7-4-8-12-23)41-28(32(2,30(21)38)31(39)40-20-22-9-5-3-6-10-22)16-15-26-19-37(36-35-26)18-24-13-14-25(33)17-27(24)34/h3-14,17,19,28-29H,1,15-16,18,20H2,2H3/t28-,29-,32-/m1/s1. The lowest BCUT2D eigenvalue weighted by Gasteiger charge is -2.42. The van der Waals surface area contributed by atoms with Gasteiger partial charge in [0, 0.05) is 23.4 Å². The van der Waals surface area contributed by atoms with E-state index in [-0.39, 0.29) is 30.7 Å². The first kappa shape index (κ1) is 28.0. The van der Waals surface area contributed by atoms with Gasteiger partial charge in [-0.3, -0.25) is 9.59 Å². The molecule has 7 nitrogen and oxygen atoms in total. The molecule has 2 heterocycles. The Bertz CT molecular complexity index is 1560. The summed E-state index contributed by atoms with van der Waals surface area (Å²) in [7, 11) is 0. The summed E-state index contributed by atoms with van der Waals surface area (Å²) < 4.78 is 40.9. The second-order valence-corrected chi connectivity index (χ2v) is 10.2. The predicted molar refractivity (Wildman–Crippen MR) is 146 cm³/mol. The maximum atomic E-state index is 14.1. The highest BCUT2D eigenvalue weighted by Crippen LogP contribution is 2.44. The summed E-state index contributed by atoms with van der Waals surface area (Å²) >= 11 is 0.